The first-order valence-corrected chi connectivity index (χ1v) is 15.1. The van der Waals surface area contributed by atoms with E-state index in [4.69, 9.17) is 10.00 Å². The number of aryl methyl sites for hydroxylation is 1. The fraction of sp³-hybridized carbons (Fsp3) is 0.344. The molecule has 3 aromatic carbocycles. The standard InChI is InChI=1S/C32H34N2O5S/c1-3-18-32(19-17-23-9-6-5-7-10-23)21-29(35)30(31(36)39-32)28(4-2)25-11-8-12-26(20-25)34-40(37,38)27-15-13-24(22-33)14-16-27/h5-16,20,28,30,34H,3-4,17-19,21H2,1-2H3. The lowest BCUT2D eigenvalue weighted by Gasteiger charge is -2.40. The zero-order valence-corrected chi connectivity index (χ0v) is 23.6. The summed E-state index contributed by atoms with van der Waals surface area (Å²) in [7, 11) is -3.90. The molecule has 1 aliphatic heterocycles. The number of Topliss-reactive ketones (excluding diaryl/α,β-unsaturated/α-hetero) is 1. The average Bonchev–Trinajstić information content (AvgIpc) is 2.94. The Labute approximate surface area is 236 Å². The SMILES string of the molecule is CCCC1(CCc2ccccc2)CC(=O)C(C(CC)c2cccc(NS(=O)(=O)c3ccc(C#N)cc3)c2)C(=O)O1. The minimum atomic E-state index is -3.90. The predicted molar refractivity (Wildman–Crippen MR) is 153 cm³/mol. The van der Waals surface area contributed by atoms with Gasteiger partial charge in [-0.2, -0.15) is 5.26 Å². The second-order valence-corrected chi connectivity index (χ2v) is 12.0. The van der Waals surface area contributed by atoms with Crippen molar-refractivity contribution in [1.82, 2.24) is 0 Å². The molecule has 0 spiro atoms. The maximum Gasteiger partial charge on any atom is 0.317 e. The molecule has 0 bridgehead atoms. The van der Waals surface area contributed by atoms with Gasteiger partial charge in [-0.1, -0.05) is 62.7 Å². The summed E-state index contributed by atoms with van der Waals surface area (Å²) in [6, 6.07) is 24.3. The van der Waals surface area contributed by atoms with Crippen LogP contribution in [0.2, 0.25) is 0 Å². The number of hydrogen-bond donors (Lipinski definition) is 1. The van der Waals surface area contributed by atoms with Gasteiger partial charge in [-0.3, -0.25) is 14.3 Å². The summed E-state index contributed by atoms with van der Waals surface area (Å²) in [6.07, 6.45) is 3.38. The number of nitriles is 1. The Hall–Kier alpha value is -3.96. The maximum absolute atomic E-state index is 13.6. The first-order valence-electron chi connectivity index (χ1n) is 13.6. The molecule has 1 fully saturated rings. The van der Waals surface area contributed by atoms with Crippen LogP contribution in [0.15, 0.2) is 83.8 Å². The monoisotopic (exact) mass is 558 g/mol. The summed E-state index contributed by atoms with van der Waals surface area (Å²) in [5, 5.41) is 8.97. The molecule has 1 saturated heterocycles. The molecule has 0 radical (unpaired) electrons. The van der Waals surface area contributed by atoms with Crippen molar-refractivity contribution >= 4 is 27.5 Å². The predicted octanol–water partition coefficient (Wildman–Crippen LogP) is 6.16. The third-order valence-electron chi connectivity index (χ3n) is 7.53. The van der Waals surface area contributed by atoms with Gasteiger partial charge in [0.15, 0.2) is 5.78 Å². The molecule has 1 aliphatic rings. The molecule has 7 nitrogen and oxygen atoms in total. The molecule has 3 unspecified atom stereocenters. The van der Waals surface area contributed by atoms with E-state index in [1.165, 1.54) is 24.3 Å². The molecule has 40 heavy (non-hydrogen) atoms. The number of carbonyl (C=O) groups excluding carboxylic acids is 2. The van der Waals surface area contributed by atoms with Gasteiger partial charge in [-0.05, 0) is 73.2 Å². The summed E-state index contributed by atoms with van der Waals surface area (Å²) >= 11 is 0. The highest BCUT2D eigenvalue weighted by atomic mass is 32.2. The van der Waals surface area contributed by atoms with Crippen LogP contribution in [0.25, 0.3) is 0 Å². The number of hydrogen-bond acceptors (Lipinski definition) is 6. The Bertz CT molecular complexity index is 1480. The molecule has 1 N–H and O–H groups in total. The van der Waals surface area contributed by atoms with Gasteiger partial charge in [-0.15, -0.1) is 0 Å². The van der Waals surface area contributed by atoms with Crippen LogP contribution in [0, 0.1) is 17.2 Å². The van der Waals surface area contributed by atoms with E-state index in [9.17, 15) is 18.0 Å². The van der Waals surface area contributed by atoms with Crippen molar-refractivity contribution in [2.75, 3.05) is 4.72 Å². The number of nitrogens with one attached hydrogen (secondary N) is 1. The smallest absolute Gasteiger partial charge is 0.317 e. The maximum atomic E-state index is 13.6. The summed E-state index contributed by atoms with van der Waals surface area (Å²) < 4.78 is 34.5. The van der Waals surface area contributed by atoms with E-state index < -0.39 is 33.4 Å². The number of anilines is 1. The zero-order chi connectivity index (χ0) is 28.8. The third kappa shape index (κ3) is 6.60. The van der Waals surface area contributed by atoms with Crippen LogP contribution in [0.1, 0.15) is 68.6 Å². The molecular weight excluding hydrogens is 524 g/mol. The van der Waals surface area contributed by atoms with Crippen LogP contribution in [0.3, 0.4) is 0 Å². The van der Waals surface area contributed by atoms with Crippen molar-refractivity contribution in [3.05, 3.63) is 95.6 Å². The van der Waals surface area contributed by atoms with Gasteiger partial charge >= 0.3 is 5.97 Å². The molecule has 3 aromatic rings. The van der Waals surface area contributed by atoms with Gasteiger partial charge in [-0.25, -0.2) is 8.42 Å². The van der Waals surface area contributed by atoms with E-state index in [-0.39, 0.29) is 17.1 Å². The molecule has 8 heteroatoms. The third-order valence-corrected chi connectivity index (χ3v) is 8.93. The second-order valence-electron chi connectivity index (χ2n) is 10.3. The highest BCUT2D eigenvalue weighted by Crippen LogP contribution is 2.41. The Morgan fingerprint density at radius 3 is 2.35 bits per heavy atom. The summed E-state index contributed by atoms with van der Waals surface area (Å²) in [5.74, 6) is -2.04. The number of ketones is 1. The number of sulfonamides is 1. The second kappa shape index (κ2) is 12.5. The number of rotatable bonds is 11. The van der Waals surface area contributed by atoms with Crippen molar-refractivity contribution in [3.8, 4) is 6.07 Å². The lowest BCUT2D eigenvalue weighted by Crippen LogP contribution is -2.49. The number of cyclic esters (lactones) is 1. The van der Waals surface area contributed by atoms with Crippen LogP contribution in [-0.2, 0) is 30.8 Å². The minimum absolute atomic E-state index is 0.0257. The molecule has 1 heterocycles. The van der Waals surface area contributed by atoms with Gasteiger partial charge in [0.2, 0.25) is 0 Å². The van der Waals surface area contributed by atoms with Crippen molar-refractivity contribution in [2.45, 2.75) is 68.8 Å². The topological polar surface area (TPSA) is 113 Å². The summed E-state index contributed by atoms with van der Waals surface area (Å²) in [6.45, 7) is 3.93. The summed E-state index contributed by atoms with van der Waals surface area (Å²) in [4.78, 5) is 27.1. The van der Waals surface area contributed by atoms with Crippen LogP contribution in [0.5, 0.6) is 0 Å². The molecule has 0 aliphatic carbocycles. The van der Waals surface area contributed by atoms with E-state index >= 15 is 0 Å². The Morgan fingerprint density at radius 1 is 1.00 bits per heavy atom. The number of esters is 1. The highest BCUT2D eigenvalue weighted by molar-refractivity contribution is 7.92. The van der Waals surface area contributed by atoms with Gasteiger partial charge in [0.05, 0.1) is 16.5 Å². The van der Waals surface area contributed by atoms with Crippen LogP contribution >= 0.6 is 0 Å². The van der Waals surface area contributed by atoms with Crippen molar-refractivity contribution < 1.29 is 22.7 Å². The van der Waals surface area contributed by atoms with Crippen LogP contribution in [0.4, 0.5) is 5.69 Å². The molecular formula is C32H34N2O5S. The largest absolute Gasteiger partial charge is 0.458 e. The molecule has 0 saturated carbocycles. The van der Waals surface area contributed by atoms with Crippen molar-refractivity contribution in [3.63, 3.8) is 0 Å². The lowest BCUT2D eigenvalue weighted by molar-refractivity contribution is -0.180. The van der Waals surface area contributed by atoms with Gasteiger partial charge in [0.25, 0.3) is 10.0 Å². The molecule has 0 aromatic heterocycles. The molecule has 4 rings (SSSR count). The van der Waals surface area contributed by atoms with Gasteiger partial charge in [0.1, 0.15) is 11.5 Å². The number of ether oxygens (including phenoxy) is 1. The molecule has 3 atom stereocenters. The Kier molecular flexibility index (Phi) is 9.06. The summed E-state index contributed by atoms with van der Waals surface area (Å²) in [5.41, 5.74) is 1.69. The van der Waals surface area contributed by atoms with Crippen LogP contribution in [-0.4, -0.2) is 25.8 Å². The molecule has 208 valence electrons. The van der Waals surface area contributed by atoms with E-state index in [1.807, 2.05) is 50.2 Å². The first kappa shape index (κ1) is 29.0. The minimum Gasteiger partial charge on any atom is -0.458 e. The van der Waals surface area contributed by atoms with E-state index in [1.54, 1.807) is 24.3 Å². The van der Waals surface area contributed by atoms with Crippen molar-refractivity contribution in [2.24, 2.45) is 5.92 Å². The van der Waals surface area contributed by atoms with E-state index in [2.05, 4.69) is 4.72 Å². The van der Waals surface area contributed by atoms with E-state index in [0.29, 0.717) is 42.5 Å². The fourth-order valence-corrected chi connectivity index (χ4v) is 6.61. The Morgan fingerprint density at radius 2 is 1.73 bits per heavy atom. The Balaban J connectivity index is 1.53. The first-order chi connectivity index (χ1) is 19.2. The van der Waals surface area contributed by atoms with Gasteiger partial charge in [0, 0.05) is 18.0 Å². The quantitative estimate of drug-likeness (QED) is 0.223. The fourth-order valence-electron chi connectivity index (χ4n) is 5.56. The average molecular weight is 559 g/mol. The normalized spacial score (nSPS) is 19.9. The number of nitrogens with zero attached hydrogens (tertiary/aromatic N) is 1. The lowest BCUT2D eigenvalue weighted by atomic mass is 9.74. The number of benzene rings is 3. The zero-order valence-electron chi connectivity index (χ0n) is 22.8. The number of carbonyl (C=O) groups is 2. The van der Waals surface area contributed by atoms with Crippen molar-refractivity contribution in [1.29, 1.82) is 5.26 Å². The van der Waals surface area contributed by atoms with E-state index in [0.717, 1.165) is 12.0 Å². The van der Waals surface area contributed by atoms with Gasteiger partial charge < -0.3 is 4.74 Å². The highest BCUT2D eigenvalue weighted by Gasteiger charge is 2.48. The molecule has 0 amide bonds. The van der Waals surface area contributed by atoms with Crippen LogP contribution < -0.4 is 4.72 Å².